The fourth-order valence-electron chi connectivity index (χ4n) is 1.24. The highest BCUT2D eigenvalue weighted by atomic mass is 16.5. The van der Waals surface area contributed by atoms with Crippen LogP contribution in [0.5, 0.6) is 0 Å². The number of nitrogens with two attached hydrogens (primary N) is 1. The van der Waals surface area contributed by atoms with Crippen molar-refractivity contribution in [2.24, 2.45) is 5.73 Å². The number of hydrogen-bond acceptors (Lipinski definition) is 4. The molecule has 1 amide bonds. The Kier molecular flexibility index (Phi) is 2.88. The zero-order valence-corrected chi connectivity index (χ0v) is 7.06. The van der Waals surface area contributed by atoms with Crippen LogP contribution in [-0.4, -0.2) is 48.4 Å². The minimum absolute atomic E-state index is 0.217. The highest BCUT2D eigenvalue weighted by Crippen LogP contribution is 2.09. The largest absolute Gasteiger partial charge is 0.453 e. The van der Waals surface area contributed by atoms with Gasteiger partial charge in [0.2, 0.25) is 0 Å². The number of aliphatic hydroxyl groups is 1. The van der Waals surface area contributed by atoms with Crippen LogP contribution in [0.2, 0.25) is 0 Å². The molecule has 12 heavy (non-hydrogen) atoms. The second-order valence-electron chi connectivity index (χ2n) is 2.94. The summed E-state index contributed by atoms with van der Waals surface area (Å²) in [4.78, 5) is 12.4. The van der Waals surface area contributed by atoms with Crippen molar-refractivity contribution >= 4 is 6.09 Å². The van der Waals surface area contributed by atoms with Gasteiger partial charge in [-0.05, 0) is 6.42 Å². The molecule has 0 bridgehead atoms. The SMILES string of the molecule is COC(=O)N1CC[C@@H](N)[C@H](O)C1. The Labute approximate surface area is 71.1 Å². The van der Waals surface area contributed by atoms with Gasteiger partial charge in [-0.15, -0.1) is 0 Å². The monoisotopic (exact) mass is 174 g/mol. The van der Waals surface area contributed by atoms with E-state index >= 15 is 0 Å². The average Bonchev–Trinajstić information content (AvgIpc) is 2.08. The number of β-amino-alcohol motifs (C(OH)–C–C–N with tert-alkyl or cyclic N) is 1. The van der Waals surface area contributed by atoms with Crippen molar-refractivity contribution in [3.63, 3.8) is 0 Å². The van der Waals surface area contributed by atoms with Crippen LogP contribution >= 0.6 is 0 Å². The summed E-state index contributed by atoms with van der Waals surface area (Å²) in [5.74, 6) is 0. The fraction of sp³-hybridized carbons (Fsp3) is 0.857. The van der Waals surface area contributed by atoms with E-state index in [4.69, 9.17) is 5.73 Å². The Morgan fingerprint density at radius 3 is 2.92 bits per heavy atom. The van der Waals surface area contributed by atoms with Gasteiger partial charge in [0.15, 0.2) is 0 Å². The number of nitrogens with zero attached hydrogens (tertiary/aromatic N) is 1. The molecule has 0 radical (unpaired) electrons. The number of piperidine rings is 1. The summed E-state index contributed by atoms with van der Waals surface area (Å²) in [5.41, 5.74) is 5.55. The van der Waals surface area contributed by atoms with Crippen molar-refractivity contribution in [3.05, 3.63) is 0 Å². The molecule has 3 N–H and O–H groups in total. The molecule has 0 unspecified atom stereocenters. The molecule has 0 aromatic carbocycles. The molecule has 5 heteroatoms. The van der Waals surface area contributed by atoms with E-state index in [9.17, 15) is 9.90 Å². The van der Waals surface area contributed by atoms with Gasteiger partial charge < -0.3 is 20.5 Å². The van der Waals surface area contributed by atoms with Crippen molar-refractivity contribution in [3.8, 4) is 0 Å². The second-order valence-corrected chi connectivity index (χ2v) is 2.94. The number of ether oxygens (including phenoxy) is 1. The van der Waals surface area contributed by atoms with E-state index in [-0.39, 0.29) is 12.6 Å². The van der Waals surface area contributed by atoms with Gasteiger partial charge in [0.05, 0.1) is 19.8 Å². The van der Waals surface area contributed by atoms with Crippen molar-refractivity contribution in [2.75, 3.05) is 20.2 Å². The zero-order valence-electron chi connectivity index (χ0n) is 7.06. The van der Waals surface area contributed by atoms with Crippen LogP contribution in [0.3, 0.4) is 0 Å². The van der Waals surface area contributed by atoms with Gasteiger partial charge >= 0.3 is 6.09 Å². The molecule has 1 aliphatic heterocycles. The lowest BCUT2D eigenvalue weighted by Crippen LogP contribution is -2.52. The predicted octanol–water partition coefficient (Wildman–Crippen LogP) is -0.853. The van der Waals surface area contributed by atoms with Gasteiger partial charge in [-0.2, -0.15) is 0 Å². The summed E-state index contributed by atoms with van der Waals surface area (Å²) < 4.78 is 4.51. The molecule has 2 atom stereocenters. The molecule has 0 aromatic rings. The third-order valence-electron chi connectivity index (χ3n) is 2.07. The molecule has 0 saturated carbocycles. The molecule has 0 aromatic heterocycles. The van der Waals surface area contributed by atoms with Crippen molar-refractivity contribution < 1.29 is 14.6 Å². The Morgan fingerprint density at radius 1 is 1.75 bits per heavy atom. The molecule has 70 valence electrons. The lowest BCUT2D eigenvalue weighted by atomic mass is 10.0. The maximum absolute atomic E-state index is 11.0. The molecule has 0 aliphatic carbocycles. The number of hydrogen-bond donors (Lipinski definition) is 2. The first kappa shape index (κ1) is 9.28. The van der Waals surface area contributed by atoms with E-state index in [0.29, 0.717) is 13.0 Å². The molecule has 1 fully saturated rings. The minimum atomic E-state index is -0.627. The first-order valence-electron chi connectivity index (χ1n) is 3.91. The second kappa shape index (κ2) is 3.73. The van der Waals surface area contributed by atoms with E-state index in [1.165, 1.54) is 12.0 Å². The van der Waals surface area contributed by atoms with Gasteiger partial charge in [0, 0.05) is 12.6 Å². The maximum Gasteiger partial charge on any atom is 0.409 e. The van der Waals surface area contributed by atoms with E-state index in [1.807, 2.05) is 0 Å². The van der Waals surface area contributed by atoms with Gasteiger partial charge in [0.25, 0.3) is 0 Å². The van der Waals surface area contributed by atoms with Crippen molar-refractivity contribution in [1.82, 2.24) is 4.90 Å². The fourth-order valence-corrected chi connectivity index (χ4v) is 1.24. The number of likely N-dealkylation sites (tertiary alicyclic amines) is 1. The summed E-state index contributed by atoms with van der Waals surface area (Å²) in [6.07, 6.45) is -0.408. The van der Waals surface area contributed by atoms with Gasteiger partial charge in [0.1, 0.15) is 0 Å². The summed E-state index contributed by atoms with van der Waals surface area (Å²) in [5, 5.41) is 9.32. The normalized spacial score (nSPS) is 30.1. The van der Waals surface area contributed by atoms with Crippen LogP contribution in [0, 0.1) is 0 Å². The van der Waals surface area contributed by atoms with Crippen LogP contribution in [0.25, 0.3) is 0 Å². The predicted molar refractivity (Wildman–Crippen MR) is 42.6 cm³/mol. The molecule has 0 spiro atoms. The molecule has 1 saturated heterocycles. The van der Waals surface area contributed by atoms with Crippen LogP contribution in [0.4, 0.5) is 4.79 Å². The van der Waals surface area contributed by atoms with Crippen LogP contribution in [0.15, 0.2) is 0 Å². The van der Waals surface area contributed by atoms with Gasteiger partial charge in [-0.3, -0.25) is 0 Å². The summed E-state index contributed by atoms with van der Waals surface area (Å²) >= 11 is 0. The average molecular weight is 174 g/mol. The first-order valence-corrected chi connectivity index (χ1v) is 3.91. The van der Waals surface area contributed by atoms with Gasteiger partial charge in [-0.25, -0.2) is 4.79 Å². The lowest BCUT2D eigenvalue weighted by Gasteiger charge is -2.32. The Balaban J connectivity index is 2.45. The molecular formula is C7H14N2O3. The Morgan fingerprint density at radius 2 is 2.42 bits per heavy atom. The maximum atomic E-state index is 11.0. The smallest absolute Gasteiger partial charge is 0.409 e. The zero-order chi connectivity index (χ0) is 9.14. The van der Waals surface area contributed by atoms with Gasteiger partial charge in [-0.1, -0.05) is 0 Å². The van der Waals surface area contributed by atoms with Crippen LogP contribution < -0.4 is 5.73 Å². The Hall–Kier alpha value is -0.810. The number of aliphatic hydroxyl groups excluding tert-OH is 1. The molecule has 1 heterocycles. The molecule has 5 nitrogen and oxygen atoms in total. The number of amides is 1. The quantitative estimate of drug-likeness (QED) is 0.501. The van der Waals surface area contributed by atoms with E-state index in [0.717, 1.165) is 0 Å². The minimum Gasteiger partial charge on any atom is -0.453 e. The number of rotatable bonds is 0. The van der Waals surface area contributed by atoms with E-state index < -0.39 is 12.2 Å². The third kappa shape index (κ3) is 1.86. The molecule has 1 aliphatic rings. The van der Waals surface area contributed by atoms with E-state index in [1.54, 1.807) is 0 Å². The van der Waals surface area contributed by atoms with E-state index in [2.05, 4.69) is 4.74 Å². The van der Waals surface area contributed by atoms with Crippen molar-refractivity contribution in [1.29, 1.82) is 0 Å². The van der Waals surface area contributed by atoms with Crippen LogP contribution in [0.1, 0.15) is 6.42 Å². The summed E-state index contributed by atoms with van der Waals surface area (Å²) in [6, 6.07) is -0.217. The van der Waals surface area contributed by atoms with Crippen molar-refractivity contribution in [2.45, 2.75) is 18.6 Å². The number of carbonyl (C=O) groups excluding carboxylic acids is 1. The highest BCUT2D eigenvalue weighted by Gasteiger charge is 2.27. The molecule has 1 rings (SSSR count). The number of carbonyl (C=O) groups is 1. The molecular weight excluding hydrogens is 160 g/mol. The Bertz CT molecular complexity index is 174. The van der Waals surface area contributed by atoms with Crippen LogP contribution in [-0.2, 0) is 4.74 Å². The summed E-state index contributed by atoms with van der Waals surface area (Å²) in [7, 11) is 1.32. The summed E-state index contributed by atoms with van der Waals surface area (Å²) in [6.45, 7) is 0.832. The third-order valence-corrected chi connectivity index (χ3v) is 2.07. The number of methoxy groups -OCH3 is 1. The standard InChI is InChI=1S/C7H14N2O3/c1-12-7(11)9-3-2-5(8)6(10)4-9/h5-6,10H,2-4,8H2,1H3/t5-,6-/m1/s1. The lowest BCUT2D eigenvalue weighted by molar-refractivity contribution is 0.0458. The topological polar surface area (TPSA) is 75.8 Å². The first-order chi connectivity index (χ1) is 5.65. The highest BCUT2D eigenvalue weighted by molar-refractivity contribution is 5.67.